The van der Waals surface area contributed by atoms with Crippen LogP contribution in [0.3, 0.4) is 0 Å². The minimum atomic E-state index is -0.404. The number of nitrogens with two attached hydrogens (primary N) is 1. The van der Waals surface area contributed by atoms with E-state index < -0.39 is 5.82 Å². The van der Waals surface area contributed by atoms with E-state index in [2.05, 4.69) is 22.2 Å². The van der Waals surface area contributed by atoms with Gasteiger partial charge < -0.3 is 20.9 Å². The number of hydrogen-bond donors (Lipinski definition) is 2. The van der Waals surface area contributed by atoms with Gasteiger partial charge in [0.1, 0.15) is 5.82 Å². The van der Waals surface area contributed by atoms with Crippen LogP contribution >= 0.6 is 0 Å². The number of nitrogens with one attached hydrogen (secondary N) is 1. The third-order valence-corrected chi connectivity index (χ3v) is 3.75. The summed E-state index contributed by atoms with van der Waals surface area (Å²) in [5.41, 5.74) is 6.39. The predicted molar refractivity (Wildman–Crippen MR) is 82.6 cm³/mol. The molecule has 1 aromatic carbocycles. The molecule has 0 unspecified atom stereocenters. The lowest BCUT2D eigenvalue weighted by Crippen LogP contribution is -2.31. The Kier molecular flexibility index (Phi) is 5.52. The number of hydrogen-bond acceptors (Lipinski definition) is 4. The first-order valence-electron chi connectivity index (χ1n) is 7.30. The van der Waals surface area contributed by atoms with Crippen LogP contribution in [-0.4, -0.2) is 55.5 Å². The molecule has 0 spiro atoms. The zero-order chi connectivity index (χ0) is 15.2. The number of carbonyl (C=O) groups is 1. The van der Waals surface area contributed by atoms with Crippen molar-refractivity contribution in [2.45, 2.75) is 12.8 Å². The van der Waals surface area contributed by atoms with E-state index in [9.17, 15) is 9.18 Å². The fraction of sp³-hybridized carbons (Fsp3) is 0.533. The molecular weight excluding hydrogens is 271 g/mol. The van der Waals surface area contributed by atoms with Gasteiger partial charge in [0.05, 0.1) is 11.4 Å². The van der Waals surface area contributed by atoms with E-state index in [1.807, 2.05) is 0 Å². The monoisotopic (exact) mass is 294 g/mol. The molecule has 21 heavy (non-hydrogen) atoms. The van der Waals surface area contributed by atoms with Crippen molar-refractivity contribution in [1.29, 1.82) is 0 Å². The lowest BCUT2D eigenvalue weighted by atomic mass is 10.2. The highest BCUT2D eigenvalue weighted by atomic mass is 19.1. The molecule has 1 aliphatic rings. The number of likely N-dealkylation sites (N-methyl/N-ethyl adjacent to an activating group) is 1. The molecule has 1 amide bonds. The summed E-state index contributed by atoms with van der Waals surface area (Å²) < 4.78 is 12.9. The minimum absolute atomic E-state index is 0.0918. The topological polar surface area (TPSA) is 61.6 Å². The quantitative estimate of drug-likeness (QED) is 0.824. The van der Waals surface area contributed by atoms with Crippen molar-refractivity contribution in [1.82, 2.24) is 9.80 Å². The van der Waals surface area contributed by atoms with Crippen LogP contribution in [0.2, 0.25) is 0 Å². The molecule has 3 N–H and O–H groups in total. The SMILES string of the molecule is CN1CCCN(CCC(=O)Nc2ccc(F)cc2N)CC1. The van der Waals surface area contributed by atoms with Crippen LogP contribution in [-0.2, 0) is 4.79 Å². The molecule has 0 aromatic heterocycles. The Bertz CT molecular complexity index is 495. The first-order valence-corrected chi connectivity index (χ1v) is 7.30. The molecule has 0 aliphatic carbocycles. The fourth-order valence-electron chi connectivity index (χ4n) is 2.44. The van der Waals surface area contributed by atoms with Gasteiger partial charge in [-0.05, 0) is 44.8 Å². The van der Waals surface area contributed by atoms with Crippen LogP contribution in [0.5, 0.6) is 0 Å². The van der Waals surface area contributed by atoms with Gasteiger partial charge in [0.25, 0.3) is 0 Å². The molecule has 5 nitrogen and oxygen atoms in total. The number of rotatable bonds is 4. The summed E-state index contributed by atoms with van der Waals surface area (Å²) >= 11 is 0. The minimum Gasteiger partial charge on any atom is -0.397 e. The van der Waals surface area contributed by atoms with Crippen molar-refractivity contribution in [3.63, 3.8) is 0 Å². The second-order valence-electron chi connectivity index (χ2n) is 5.53. The largest absolute Gasteiger partial charge is 0.397 e. The van der Waals surface area contributed by atoms with Crippen molar-refractivity contribution < 1.29 is 9.18 Å². The average molecular weight is 294 g/mol. The summed E-state index contributed by atoms with van der Waals surface area (Å²) in [7, 11) is 2.12. The Labute approximate surface area is 124 Å². The molecule has 0 saturated carbocycles. The molecule has 1 heterocycles. The first-order chi connectivity index (χ1) is 10.0. The van der Waals surface area contributed by atoms with Gasteiger partial charge in [-0.3, -0.25) is 4.79 Å². The summed E-state index contributed by atoms with van der Waals surface area (Å²) in [5, 5.41) is 2.73. The first kappa shape index (κ1) is 15.7. The Morgan fingerprint density at radius 1 is 1.33 bits per heavy atom. The molecule has 0 atom stereocenters. The molecule has 116 valence electrons. The van der Waals surface area contributed by atoms with Gasteiger partial charge in [-0.25, -0.2) is 4.39 Å². The molecule has 1 saturated heterocycles. The Morgan fingerprint density at radius 3 is 2.90 bits per heavy atom. The molecular formula is C15H23FN4O. The molecule has 6 heteroatoms. The summed E-state index contributed by atoms with van der Waals surface area (Å²) in [5.74, 6) is -0.495. The van der Waals surface area contributed by atoms with Crippen molar-refractivity contribution in [3.05, 3.63) is 24.0 Å². The summed E-state index contributed by atoms with van der Waals surface area (Å²) in [6, 6.07) is 3.99. The van der Waals surface area contributed by atoms with Gasteiger partial charge in [0, 0.05) is 26.1 Å². The Hall–Kier alpha value is -1.66. The van der Waals surface area contributed by atoms with E-state index in [1.54, 1.807) is 0 Å². The second kappa shape index (κ2) is 7.38. The van der Waals surface area contributed by atoms with Crippen LogP contribution in [0.25, 0.3) is 0 Å². The van der Waals surface area contributed by atoms with Crippen molar-refractivity contribution in [3.8, 4) is 0 Å². The van der Waals surface area contributed by atoms with Crippen LogP contribution < -0.4 is 11.1 Å². The van der Waals surface area contributed by atoms with Gasteiger partial charge in [-0.1, -0.05) is 0 Å². The number of amides is 1. The summed E-state index contributed by atoms with van der Waals surface area (Å²) in [6.07, 6.45) is 1.55. The number of carbonyl (C=O) groups excluding carboxylic acids is 1. The summed E-state index contributed by atoms with van der Waals surface area (Å²) in [6.45, 7) is 4.89. The maximum atomic E-state index is 12.9. The normalized spacial score (nSPS) is 17.4. The smallest absolute Gasteiger partial charge is 0.225 e. The van der Waals surface area contributed by atoms with Crippen LogP contribution in [0.15, 0.2) is 18.2 Å². The predicted octanol–water partition coefficient (Wildman–Crippen LogP) is 1.37. The van der Waals surface area contributed by atoms with E-state index in [-0.39, 0.29) is 11.6 Å². The molecule has 1 fully saturated rings. The molecule has 0 radical (unpaired) electrons. The Morgan fingerprint density at radius 2 is 2.14 bits per heavy atom. The number of nitrogens with zero attached hydrogens (tertiary/aromatic N) is 2. The van der Waals surface area contributed by atoms with Crippen LogP contribution in [0.1, 0.15) is 12.8 Å². The number of anilines is 2. The van der Waals surface area contributed by atoms with E-state index in [1.165, 1.54) is 18.2 Å². The van der Waals surface area contributed by atoms with Gasteiger partial charge in [0.2, 0.25) is 5.91 Å². The van der Waals surface area contributed by atoms with Crippen LogP contribution in [0, 0.1) is 5.82 Å². The summed E-state index contributed by atoms with van der Waals surface area (Å²) in [4.78, 5) is 16.6. The average Bonchev–Trinajstić information content (AvgIpc) is 2.64. The lowest BCUT2D eigenvalue weighted by Gasteiger charge is -2.19. The zero-order valence-corrected chi connectivity index (χ0v) is 12.4. The van der Waals surface area contributed by atoms with Gasteiger partial charge in [-0.15, -0.1) is 0 Å². The van der Waals surface area contributed by atoms with E-state index in [0.29, 0.717) is 12.1 Å². The third-order valence-electron chi connectivity index (χ3n) is 3.75. The number of halogens is 1. The van der Waals surface area contributed by atoms with E-state index in [0.717, 1.165) is 39.1 Å². The van der Waals surface area contributed by atoms with Crippen molar-refractivity contribution >= 4 is 17.3 Å². The highest BCUT2D eigenvalue weighted by molar-refractivity contribution is 5.93. The van der Waals surface area contributed by atoms with Crippen molar-refractivity contribution in [2.75, 3.05) is 50.8 Å². The fourth-order valence-corrected chi connectivity index (χ4v) is 2.44. The maximum absolute atomic E-state index is 12.9. The second-order valence-corrected chi connectivity index (χ2v) is 5.53. The standard InChI is InChI=1S/C15H23FN4O/c1-19-6-2-7-20(10-9-19)8-5-15(21)18-14-4-3-12(16)11-13(14)17/h3-4,11H,2,5-10,17H2,1H3,(H,18,21). The molecule has 1 aromatic rings. The van der Waals surface area contributed by atoms with E-state index >= 15 is 0 Å². The van der Waals surface area contributed by atoms with Gasteiger partial charge in [0.15, 0.2) is 0 Å². The highest BCUT2D eigenvalue weighted by Crippen LogP contribution is 2.19. The molecule has 0 bridgehead atoms. The van der Waals surface area contributed by atoms with Gasteiger partial charge >= 0.3 is 0 Å². The molecule has 1 aliphatic heterocycles. The third kappa shape index (κ3) is 4.99. The molecule has 2 rings (SSSR count). The van der Waals surface area contributed by atoms with Crippen molar-refractivity contribution in [2.24, 2.45) is 0 Å². The maximum Gasteiger partial charge on any atom is 0.225 e. The number of nitrogen functional groups attached to an aromatic ring is 1. The lowest BCUT2D eigenvalue weighted by molar-refractivity contribution is -0.116. The number of benzene rings is 1. The van der Waals surface area contributed by atoms with Crippen LogP contribution in [0.4, 0.5) is 15.8 Å². The van der Waals surface area contributed by atoms with E-state index in [4.69, 9.17) is 5.73 Å². The van der Waals surface area contributed by atoms with Gasteiger partial charge in [-0.2, -0.15) is 0 Å². The zero-order valence-electron chi connectivity index (χ0n) is 12.4. The highest BCUT2D eigenvalue weighted by Gasteiger charge is 2.13. The Balaban J connectivity index is 1.79.